The second-order valence-electron chi connectivity index (χ2n) is 4.74. The third-order valence-electron chi connectivity index (χ3n) is 3.18. The number of hydrogen-bond donors (Lipinski definition) is 0. The average Bonchev–Trinajstić information content (AvgIpc) is 2.90. The van der Waals surface area contributed by atoms with Crippen molar-refractivity contribution in [3.05, 3.63) is 67.9 Å². The fourth-order valence-electron chi connectivity index (χ4n) is 2.07. The van der Waals surface area contributed by atoms with Gasteiger partial charge < -0.3 is 9.47 Å². The maximum absolute atomic E-state index is 12.0. The van der Waals surface area contributed by atoms with Gasteiger partial charge in [-0.2, -0.15) is 0 Å². The van der Waals surface area contributed by atoms with Crippen molar-refractivity contribution in [2.75, 3.05) is 7.11 Å². The van der Waals surface area contributed by atoms with Gasteiger partial charge in [0.2, 0.25) is 5.90 Å². The molecule has 2 aromatic carbocycles. The molecule has 1 aliphatic rings. The van der Waals surface area contributed by atoms with Crippen LogP contribution in [0.25, 0.3) is 6.08 Å². The van der Waals surface area contributed by atoms with Crippen molar-refractivity contribution in [2.45, 2.75) is 0 Å². The molecule has 0 saturated heterocycles. The molecular formula is C17H11ClINO3. The number of carbonyl (C=O) groups excluding carboxylic acids is 1. The lowest BCUT2D eigenvalue weighted by molar-refractivity contribution is -0.129. The minimum absolute atomic E-state index is 0.215. The quantitative estimate of drug-likeness (QED) is 0.407. The third-order valence-corrected chi connectivity index (χ3v) is 4.18. The first-order valence-electron chi connectivity index (χ1n) is 6.69. The van der Waals surface area contributed by atoms with Gasteiger partial charge in [0.1, 0.15) is 5.75 Å². The van der Waals surface area contributed by atoms with Gasteiger partial charge in [-0.05, 0) is 64.6 Å². The van der Waals surface area contributed by atoms with Gasteiger partial charge in [-0.25, -0.2) is 9.79 Å². The molecular weight excluding hydrogens is 429 g/mol. The third kappa shape index (κ3) is 3.56. The number of aliphatic imine (C=N–C) groups is 1. The zero-order valence-electron chi connectivity index (χ0n) is 12.0. The van der Waals surface area contributed by atoms with Gasteiger partial charge in [0.15, 0.2) is 5.70 Å². The van der Waals surface area contributed by atoms with E-state index in [1.807, 2.05) is 36.4 Å². The number of esters is 1. The molecule has 23 heavy (non-hydrogen) atoms. The normalized spacial score (nSPS) is 15.5. The molecule has 0 amide bonds. The number of nitrogens with zero attached hydrogens (tertiary/aromatic N) is 1. The van der Waals surface area contributed by atoms with Gasteiger partial charge in [0, 0.05) is 3.57 Å². The number of halogens is 2. The zero-order chi connectivity index (χ0) is 16.4. The van der Waals surface area contributed by atoms with Crippen LogP contribution in [0.2, 0.25) is 5.02 Å². The standard InChI is InChI=1S/C17H11ClINO3/c1-22-12-4-2-3-10(7-12)8-15-17(21)23-16(20-15)13-9-11(19)5-6-14(13)18/h2-9H,1H3/b15-8+. The van der Waals surface area contributed by atoms with E-state index < -0.39 is 5.97 Å². The van der Waals surface area contributed by atoms with Crippen LogP contribution in [0.4, 0.5) is 0 Å². The fourth-order valence-corrected chi connectivity index (χ4v) is 2.76. The summed E-state index contributed by atoms with van der Waals surface area (Å²) in [5.74, 6) is 0.418. The Balaban J connectivity index is 1.98. The molecule has 1 heterocycles. The minimum atomic E-state index is -0.502. The predicted octanol–water partition coefficient (Wildman–Crippen LogP) is 4.30. The van der Waals surface area contributed by atoms with E-state index in [1.165, 1.54) is 0 Å². The van der Waals surface area contributed by atoms with Crippen molar-refractivity contribution in [3.63, 3.8) is 0 Å². The highest BCUT2D eigenvalue weighted by molar-refractivity contribution is 14.1. The lowest BCUT2D eigenvalue weighted by atomic mass is 10.2. The summed E-state index contributed by atoms with van der Waals surface area (Å²) in [7, 11) is 1.59. The highest BCUT2D eigenvalue weighted by atomic mass is 127. The van der Waals surface area contributed by atoms with Gasteiger partial charge in [0.05, 0.1) is 17.7 Å². The highest BCUT2D eigenvalue weighted by Gasteiger charge is 2.25. The van der Waals surface area contributed by atoms with E-state index in [4.69, 9.17) is 21.1 Å². The number of cyclic esters (lactones) is 1. The highest BCUT2D eigenvalue weighted by Crippen LogP contribution is 2.25. The SMILES string of the molecule is COc1cccc(/C=C2/N=C(c3cc(I)ccc3Cl)OC2=O)c1. The molecule has 0 aromatic heterocycles. The van der Waals surface area contributed by atoms with Crippen LogP contribution >= 0.6 is 34.2 Å². The molecule has 0 saturated carbocycles. The number of ether oxygens (including phenoxy) is 2. The van der Waals surface area contributed by atoms with Gasteiger partial charge in [-0.1, -0.05) is 23.7 Å². The van der Waals surface area contributed by atoms with Crippen LogP contribution in [0.5, 0.6) is 5.75 Å². The summed E-state index contributed by atoms with van der Waals surface area (Å²) in [6.07, 6.45) is 1.65. The maximum Gasteiger partial charge on any atom is 0.363 e. The Morgan fingerprint density at radius 1 is 1.26 bits per heavy atom. The van der Waals surface area contributed by atoms with Crippen molar-refractivity contribution in [3.8, 4) is 5.75 Å². The van der Waals surface area contributed by atoms with Crippen LogP contribution in [0.15, 0.2) is 53.2 Å². The molecule has 0 aliphatic carbocycles. The molecule has 0 unspecified atom stereocenters. The molecule has 1 aliphatic heterocycles. The van der Waals surface area contributed by atoms with Gasteiger partial charge in [-0.3, -0.25) is 0 Å². The summed E-state index contributed by atoms with van der Waals surface area (Å²) in [6, 6.07) is 12.8. The smallest absolute Gasteiger partial charge is 0.363 e. The second-order valence-corrected chi connectivity index (χ2v) is 6.39. The van der Waals surface area contributed by atoms with Gasteiger partial charge >= 0.3 is 5.97 Å². The molecule has 2 aromatic rings. The van der Waals surface area contributed by atoms with Crippen molar-refractivity contribution >= 4 is 52.1 Å². The Bertz CT molecular complexity index is 845. The monoisotopic (exact) mass is 439 g/mol. The number of hydrogen-bond acceptors (Lipinski definition) is 4. The summed E-state index contributed by atoms with van der Waals surface area (Å²) >= 11 is 8.32. The van der Waals surface area contributed by atoms with E-state index in [1.54, 1.807) is 19.3 Å². The van der Waals surface area contributed by atoms with Crippen LogP contribution in [0.3, 0.4) is 0 Å². The maximum atomic E-state index is 12.0. The van der Waals surface area contributed by atoms with Gasteiger partial charge in [-0.15, -0.1) is 0 Å². The molecule has 0 spiro atoms. The first-order chi connectivity index (χ1) is 11.1. The lowest BCUT2D eigenvalue weighted by Gasteiger charge is -2.02. The summed E-state index contributed by atoms with van der Waals surface area (Å²) in [5, 5.41) is 0.486. The zero-order valence-corrected chi connectivity index (χ0v) is 15.0. The van der Waals surface area contributed by atoms with Crippen LogP contribution in [-0.2, 0) is 9.53 Å². The van der Waals surface area contributed by atoms with Crippen LogP contribution in [0, 0.1) is 3.57 Å². The fraction of sp³-hybridized carbons (Fsp3) is 0.0588. The Morgan fingerprint density at radius 2 is 2.09 bits per heavy atom. The van der Waals surface area contributed by atoms with E-state index in [9.17, 15) is 4.79 Å². The predicted molar refractivity (Wildman–Crippen MR) is 97.8 cm³/mol. The van der Waals surface area contributed by atoms with Crippen molar-refractivity contribution in [1.82, 2.24) is 0 Å². The molecule has 6 heteroatoms. The second kappa shape index (κ2) is 6.72. The van der Waals surface area contributed by atoms with Crippen LogP contribution in [0.1, 0.15) is 11.1 Å². The molecule has 0 atom stereocenters. The first-order valence-corrected chi connectivity index (χ1v) is 8.14. The van der Waals surface area contributed by atoms with E-state index in [0.29, 0.717) is 16.3 Å². The van der Waals surface area contributed by atoms with E-state index in [0.717, 1.165) is 9.13 Å². The van der Waals surface area contributed by atoms with Gasteiger partial charge in [0.25, 0.3) is 0 Å². The lowest BCUT2D eigenvalue weighted by Crippen LogP contribution is -2.06. The van der Waals surface area contributed by atoms with Crippen molar-refractivity contribution in [1.29, 1.82) is 0 Å². The molecule has 0 N–H and O–H groups in total. The topological polar surface area (TPSA) is 47.9 Å². The molecule has 0 radical (unpaired) electrons. The van der Waals surface area contributed by atoms with Crippen molar-refractivity contribution < 1.29 is 14.3 Å². The molecule has 116 valence electrons. The molecule has 0 fully saturated rings. The summed E-state index contributed by atoms with van der Waals surface area (Å²) in [4.78, 5) is 16.3. The Morgan fingerprint density at radius 3 is 2.87 bits per heavy atom. The van der Waals surface area contributed by atoms with E-state index in [-0.39, 0.29) is 11.6 Å². The number of rotatable bonds is 3. The Kier molecular flexibility index (Phi) is 4.68. The van der Waals surface area contributed by atoms with Crippen LogP contribution in [-0.4, -0.2) is 19.0 Å². The molecule has 4 nitrogen and oxygen atoms in total. The number of carbonyl (C=O) groups is 1. The summed E-state index contributed by atoms with van der Waals surface area (Å²) < 4.78 is 11.4. The van der Waals surface area contributed by atoms with Crippen molar-refractivity contribution in [2.24, 2.45) is 4.99 Å². The van der Waals surface area contributed by atoms with E-state index >= 15 is 0 Å². The first kappa shape index (κ1) is 16.0. The largest absolute Gasteiger partial charge is 0.497 e. The average molecular weight is 440 g/mol. The Labute approximate surface area is 151 Å². The van der Waals surface area contributed by atoms with E-state index in [2.05, 4.69) is 27.6 Å². The summed E-state index contributed by atoms with van der Waals surface area (Å²) in [5.41, 5.74) is 1.62. The number of benzene rings is 2. The number of methoxy groups -OCH3 is 1. The van der Waals surface area contributed by atoms with Crippen LogP contribution < -0.4 is 4.74 Å². The summed E-state index contributed by atoms with van der Waals surface area (Å²) in [6.45, 7) is 0. The minimum Gasteiger partial charge on any atom is -0.497 e. The molecule has 3 rings (SSSR count). The molecule has 0 bridgehead atoms. The Hall–Kier alpha value is -1.86.